The minimum atomic E-state index is -0.980. The monoisotopic (exact) mass is 386 g/mol. The molecule has 28 heavy (non-hydrogen) atoms. The van der Waals surface area contributed by atoms with Gasteiger partial charge >= 0.3 is 0 Å². The Balaban J connectivity index is 1.71. The van der Waals surface area contributed by atoms with Crippen molar-refractivity contribution in [1.29, 1.82) is 0 Å². The van der Waals surface area contributed by atoms with E-state index in [1.807, 2.05) is 31.2 Å². The lowest BCUT2D eigenvalue weighted by Crippen LogP contribution is -2.21. The smallest absolute Gasteiger partial charge is 0.248 e. The van der Waals surface area contributed by atoms with Crippen LogP contribution in [0.3, 0.4) is 0 Å². The molecule has 0 radical (unpaired) electrons. The summed E-state index contributed by atoms with van der Waals surface area (Å²) >= 11 is 0. The summed E-state index contributed by atoms with van der Waals surface area (Å²) in [7, 11) is 0. The number of nitrogens with zero attached hydrogens (tertiary/aromatic N) is 4. The van der Waals surface area contributed by atoms with Crippen molar-refractivity contribution in [3.05, 3.63) is 53.6 Å². The van der Waals surface area contributed by atoms with E-state index in [2.05, 4.69) is 26.0 Å². The molecular formula is C18H16F2N6O2. The molecule has 0 aliphatic rings. The van der Waals surface area contributed by atoms with Gasteiger partial charge in [0.1, 0.15) is 18.2 Å². The molecule has 8 nitrogen and oxygen atoms in total. The normalized spacial score (nSPS) is 10.6. The first kappa shape index (κ1) is 19.1. The standard InChI is InChI=1S/C18H16F2N6O2/c1-10-3-5-12(6-4-10)18-23-25-26(24-18)9-17(28)22-16-8-15(21-11(2)27)13(19)7-14(16)20/h3-8H,9H2,1-2H3,(H,21,27)(H,22,28). The van der Waals surface area contributed by atoms with Gasteiger partial charge in [-0.15, -0.1) is 10.2 Å². The molecule has 2 aromatic carbocycles. The number of rotatable bonds is 5. The number of aryl methyl sites for hydroxylation is 1. The molecule has 0 saturated heterocycles. The van der Waals surface area contributed by atoms with E-state index in [1.54, 1.807) is 0 Å². The van der Waals surface area contributed by atoms with Gasteiger partial charge in [-0.3, -0.25) is 9.59 Å². The lowest BCUT2D eigenvalue weighted by atomic mass is 10.1. The van der Waals surface area contributed by atoms with Crippen molar-refractivity contribution in [1.82, 2.24) is 20.2 Å². The Hall–Kier alpha value is -3.69. The summed E-state index contributed by atoms with van der Waals surface area (Å²) in [6, 6.07) is 9.02. The topological polar surface area (TPSA) is 102 Å². The van der Waals surface area contributed by atoms with E-state index >= 15 is 0 Å². The van der Waals surface area contributed by atoms with Crippen LogP contribution in [-0.2, 0) is 16.1 Å². The highest BCUT2D eigenvalue weighted by atomic mass is 19.1. The van der Waals surface area contributed by atoms with Crippen molar-refractivity contribution >= 4 is 23.2 Å². The number of nitrogens with one attached hydrogen (secondary N) is 2. The first-order valence-electron chi connectivity index (χ1n) is 8.23. The SMILES string of the molecule is CC(=O)Nc1cc(NC(=O)Cn2nnc(-c3ccc(C)cc3)n2)c(F)cc1F. The molecule has 0 bridgehead atoms. The van der Waals surface area contributed by atoms with E-state index in [1.165, 1.54) is 6.92 Å². The van der Waals surface area contributed by atoms with E-state index < -0.39 is 23.4 Å². The highest BCUT2D eigenvalue weighted by molar-refractivity contribution is 5.93. The zero-order valence-corrected chi connectivity index (χ0v) is 15.0. The second kappa shape index (κ2) is 7.91. The Morgan fingerprint density at radius 1 is 1.04 bits per heavy atom. The van der Waals surface area contributed by atoms with E-state index in [0.717, 1.165) is 22.0 Å². The van der Waals surface area contributed by atoms with Crippen LogP contribution < -0.4 is 10.6 Å². The van der Waals surface area contributed by atoms with Gasteiger partial charge in [0.15, 0.2) is 0 Å². The summed E-state index contributed by atoms with van der Waals surface area (Å²) in [6.07, 6.45) is 0. The summed E-state index contributed by atoms with van der Waals surface area (Å²) in [5, 5.41) is 16.3. The molecule has 10 heteroatoms. The van der Waals surface area contributed by atoms with Gasteiger partial charge in [-0.2, -0.15) is 4.80 Å². The van der Waals surface area contributed by atoms with Crippen LogP contribution in [0.1, 0.15) is 12.5 Å². The van der Waals surface area contributed by atoms with Gasteiger partial charge < -0.3 is 10.6 Å². The molecule has 3 aromatic rings. The fourth-order valence-electron chi connectivity index (χ4n) is 2.38. The Bertz CT molecular complexity index is 1030. The van der Waals surface area contributed by atoms with Crippen LogP contribution in [0, 0.1) is 18.6 Å². The number of aromatic nitrogens is 4. The van der Waals surface area contributed by atoms with Crippen LogP contribution in [0.25, 0.3) is 11.4 Å². The molecular weight excluding hydrogens is 370 g/mol. The van der Waals surface area contributed by atoms with Gasteiger partial charge in [0.25, 0.3) is 0 Å². The molecule has 0 spiro atoms. The summed E-state index contributed by atoms with van der Waals surface area (Å²) in [4.78, 5) is 24.3. The van der Waals surface area contributed by atoms with Crippen LogP contribution in [0.4, 0.5) is 20.2 Å². The van der Waals surface area contributed by atoms with E-state index in [0.29, 0.717) is 11.9 Å². The molecule has 0 saturated carbocycles. The molecule has 3 rings (SSSR count). The third-order valence-corrected chi connectivity index (χ3v) is 3.69. The third kappa shape index (κ3) is 4.53. The average molecular weight is 386 g/mol. The molecule has 0 unspecified atom stereocenters. The Morgan fingerprint density at radius 2 is 1.68 bits per heavy atom. The van der Waals surface area contributed by atoms with E-state index in [4.69, 9.17) is 0 Å². The molecule has 2 N–H and O–H groups in total. The fraction of sp³-hybridized carbons (Fsp3) is 0.167. The number of anilines is 2. The molecule has 0 atom stereocenters. The second-order valence-corrected chi connectivity index (χ2v) is 6.05. The van der Waals surface area contributed by atoms with E-state index in [-0.39, 0.29) is 17.9 Å². The summed E-state index contributed by atoms with van der Waals surface area (Å²) in [6.45, 7) is 2.80. The summed E-state index contributed by atoms with van der Waals surface area (Å²) in [5.74, 6) is -2.77. The van der Waals surface area contributed by atoms with Gasteiger partial charge in [-0.1, -0.05) is 29.8 Å². The summed E-state index contributed by atoms with van der Waals surface area (Å²) in [5.41, 5.74) is 1.29. The molecule has 0 aliphatic carbocycles. The maximum Gasteiger partial charge on any atom is 0.248 e. The number of hydrogen-bond donors (Lipinski definition) is 2. The molecule has 0 aliphatic heterocycles. The minimum Gasteiger partial charge on any atom is -0.324 e. The highest BCUT2D eigenvalue weighted by Crippen LogP contribution is 2.23. The van der Waals surface area contributed by atoms with Crippen LogP contribution in [-0.4, -0.2) is 32.0 Å². The van der Waals surface area contributed by atoms with Crippen molar-refractivity contribution in [2.45, 2.75) is 20.4 Å². The fourth-order valence-corrected chi connectivity index (χ4v) is 2.38. The maximum atomic E-state index is 13.9. The van der Waals surface area contributed by atoms with Crippen LogP contribution >= 0.6 is 0 Å². The molecule has 144 valence electrons. The number of halogens is 2. The highest BCUT2D eigenvalue weighted by Gasteiger charge is 2.15. The molecule has 0 fully saturated rings. The molecule has 1 heterocycles. The number of tetrazole rings is 1. The average Bonchev–Trinajstić information content (AvgIpc) is 3.07. The number of carbonyl (C=O) groups is 2. The number of carbonyl (C=O) groups excluding carboxylic acids is 2. The zero-order chi connectivity index (χ0) is 20.3. The van der Waals surface area contributed by atoms with Crippen molar-refractivity contribution < 1.29 is 18.4 Å². The lowest BCUT2D eigenvalue weighted by Gasteiger charge is -2.10. The van der Waals surface area contributed by atoms with E-state index in [9.17, 15) is 18.4 Å². The van der Waals surface area contributed by atoms with Gasteiger partial charge in [0.05, 0.1) is 11.4 Å². The van der Waals surface area contributed by atoms with Crippen molar-refractivity contribution in [2.24, 2.45) is 0 Å². The predicted molar refractivity (Wildman–Crippen MR) is 97.3 cm³/mol. The lowest BCUT2D eigenvalue weighted by molar-refractivity contribution is -0.117. The number of amides is 2. The Morgan fingerprint density at radius 3 is 2.32 bits per heavy atom. The minimum absolute atomic E-state index is 0.246. The first-order chi connectivity index (χ1) is 13.3. The zero-order valence-electron chi connectivity index (χ0n) is 15.0. The van der Waals surface area contributed by atoms with Crippen molar-refractivity contribution in [3.8, 4) is 11.4 Å². The quantitative estimate of drug-likeness (QED) is 0.702. The van der Waals surface area contributed by atoms with Gasteiger partial charge in [0, 0.05) is 18.6 Å². The predicted octanol–water partition coefficient (Wildman–Crippen LogP) is 2.52. The largest absolute Gasteiger partial charge is 0.324 e. The van der Waals surface area contributed by atoms with Gasteiger partial charge in [0.2, 0.25) is 17.6 Å². The number of hydrogen-bond acceptors (Lipinski definition) is 5. The van der Waals surface area contributed by atoms with Crippen molar-refractivity contribution in [3.63, 3.8) is 0 Å². The summed E-state index contributed by atoms with van der Waals surface area (Å²) < 4.78 is 27.6. The van der Waals surface area contributed by atoms with Crippen LogP contribution in [0.5, 0.6) is 0 Å². The third-order valence-electron chi connectivity index (χ3n) is 3.69. The molecule has 2 amide bonds. The van der Waals surface area contributed by atoms with Gasteiger partial charge in [-0.05, 0) is 18.2 Å². The van der Waals surface area contributed by atoms with Crippen molar-refractivity contribution in [2.75, 3.05) is 10.6 Å². The van der Waals surface area contributed by atoms with Gasteiger partial charge in [-0.25, -0.2) is 8.78 Å². The Labute approximate surface area is 158 Å². The number of benzene rings is 2. The maximum absolute atomic E-state index is 13.9. The Kier molecular flexibility index (Phi) is 5.39. The second-order valence-electron chi connectivity index (χ2n) is 6.05. The van der Waals surface area contributed by atoms with Crippen LogP contribution in [0.15, 0.2) is 36.4 Å². The molecule has 1 aromatic heterocycles. The van der Waals surface area contributed by atoms with Crippen LogP contribution in [0.2, 0.25) is 0 Å². The first-order valence-corrected chi connectivity index (χ1v) is 8.23.